The molecule has 2 aliphatic rings. The summed E-state index contributed by atoms with van der Waals surface area (Å²) in [5.41, 5.74) is 1.56. The second-order valence-electron chi connectivity index (χ2n) is 8.11. The summed E-state index contributed by atoms with van der Waals surface area (Å²) in [6, 6.07) is 13.4. The molecule has 7 nitrogen and oxygen atoms in total. The molecular weight excluding hydrogens is 441 g/mol. The smallest absolute Gasteiger partial charge is 0.475 e. The van der Waals surface area contributed by atoms with Gasteiger partial charge in [0.1, 0.15) is 6.10 Å². The number of halogens is 3. The van der Waals surface area contributed by atoms with E-state index in [2.05, 4.69) is 4.98 Å². The number of pyridine rings is 1. The monoisotopic (exact) mass is 466 g/mol. The summed E-state index contributed by atoms with van der Waals surface area (Å²) in [6.45, 7) is 3.96. The van der Waals surface area contributed by atoms with Crippen LogP contribution in [0.25, 0.3) is 0 Å². The molecule has 1 spiro atoms. The maximum Gasteiger partial charge on any atom is 0.490 e. The number of alkyl halides is 3. The van der Waals surface area contributed by atoms with Gasteiger partial charge in [0.2, 0.25) is 5.88 Å². The Balaban J connectivity index is 0.000000383. The van der Waals surface area contributed by atoms with E-state index >= 15 is 0 Å². The summed E-state index contributed by atoms with van der Waals surface area (Å²) >= 11 is 0. The van der Waals surface area contributed by atoms with E-state index in [4.69, 9.17) is 19.4 Å². The van der Waals surface area contributed by atoms with Gasteiger partial charge in [-0.1, -0.05) is 23.8 Å². The van der Waals surface area contributed by atoms with E-state index in [9.17, 15) is 18.0 Å². The number of piperidine rings is 1. The molecule has 2 saturated heterocycles. The van der Waals surface area contributed by atoms with Crippen molar-refractivity contribution in [3.63, 3.8) is 0 Å². The lowest BCUT2D eigenvalue weighted by atomic mass is 9.89. The van der Waals surface area contributed by atoms with Gasteiger partial charge < -0.3 is 19.5 Å². The van der Waals surface area contributed by atoms with Gasteiger partial charge in [-0.05, 0) is 38.0 Å². The Bertz CT molecular complexity index is 970. The quantitative estimate of drug-likeness (QED) is 0.739. The van der Waals surface area contributed by atoms with Crippen molar-refractivity contribution in [2.24, 2.45) is 0 Å². The number of aryl methyl sites for hydroxylation is 1. The molecule has 1 aromatic heterocycles. The Kier molecular flexibility index (Phi) is 7.57. The van der Waals surface area contributed by atoms with Gasteiger partial charge in [0.05, 0.1) is 18.8 Å². The molecule has 33 heavy (non-hydrogen) atoms. The maximum absolute atomic E-state index is 12.9. The van der Waals surface area contributed by atoms with Crippen molar-refractivity contribution in [2.75, 3.05) is 19.7 Å². The van der Waals surface area contributed by atoms with Crippen LogP contribution in [0.2, 0.25) is 0 Å². The minimum absolute atomic E-state index is 0.0149. The zero-order chi connectivity index (χ0) is 24.1. The Hall–Kier alpha value is -3.14. The summed E-state index contributed by atoms with van der Waals surface area (Å²) in [5.74, 6) is -2.04. The highest BCUT2D eigenvalue weighted by molar-refractivity contribution is 5.94. The van der Waals surface area contributed by atoms with E-state index in [0.29, 0.717) is 19.0 Å². The van der Waals surface area contributed by atoms with Crippen molar-refractivity contribution in [1.29, 1.82) is 0 Å². The van der Waals surface area contributed by atoms with Gasteiger partial charge in [-0.15, -0.1) is 0 Å². The Labute approximate surface area is 189 Å². The molecule has 0 saturated carbocycles. The summed E-state index contributed by atoms with van der Waals surface area (Å²) in [5, 5.41) is 7.12. The lowest BCUT2D eigenvalue weighted by Gasteiger charge is -2.39. The van der Waals surface area contributed by atoms with Crippen molar-refractivity contribution in [3.8, 4) is 5.88 Å². The van der Waals surface area contributed by atoms with Gasteiger partial charge in [0.25, 0.3) is 5.91 Å². The van der Waals surface area contributed by atoms with E-state index in [1.54, 1.807) is 6.20 Å². The number of nitrogens with zero attached hydrogens (tertiary/aromatic N) is 2. The number of carboxylic acids is 1. The summed E-state index contributed by atoms with van der Waals surface area (Å²) in [6.07, 6.45) is -0.662. The molecule has 0 bridgehead atoms. The molecule has 2 atom stereocenters. The third kappa shape index (κ3) is 6.67. The van der Waals surface area contributed by atoms with E-state index in [1.165, 1.54) is 0 Å². The van der Waals surface area contributed by atoms with Gasteiger partial charge in [0.15, 0.2) is 0 Å². The molecule has 2 aromatic rings. The van der Waals surface area contributed by atoms with Crippen LogP contribution in [0.3, 0.4) is 0 Å². The zero-order valence-electron chi connectivity index (χ0n) is 18.0. The van der Waals surface area contributed by atoms with Crippen molar-refractivity contribution in [3.05, 3.63) is 59.8 Å². The van der Waals surface area contributed by atoms with E-state index < -0.39 is 12.1 Å². The Morgan fingerprint density at radius 3 is 2.64 bits per heavy atom. The fourth-order valence-electron chi connectivity index (χ4n) is 3.98. The molecule has 2 fully saturated rings. The van der Waals surface area contributed by atoms with Crippen LogP contribution >= 0.6 is 0 Å². The standard InChI is InChI=1S/C21H24N2O3.C2HF3O2/c1-16-6-4-7-17(12-16)20(24)23-11-5-9-21(15-23)13-18(14-25-21)26-19-8-2-3-10-22-19;3-2(4,5)1(6)7/h2-4,6-8,10,12,18H,5,9,11,13-15H2,1H3;(H,6,7)/t18-,21+;/m1./s1. The van der Waals surface area contributed by atoms with Crippen molar-refractivity contribution >= 4 is 11.9 Å². The van der Waals surface area contributed by atoms with Crippen LogP contribution in [0.1, 0.15) is 35.2 Å². The number of aliphatic carboxylic acids is 1. The first-order chi connectivity index (χ1) is 15.6. The highest BCUT2D eigenvalue weighted by atomic mass is 19.4. The number of benzene rings is 1. The molecule has 1 N–H and O–H groups in total. The SMILES string of the molecule is Cc1cccc(C(=O)N2CCC[C@]3(C[C@@H](Oc4ccccn4)CO3)C2)c1.O=C(O)C(F)(F)F. The average Bonchev–Trinajstić information content (AvgIpc) is 3.15. The fraction of sp³-hybridized carbons (Fsp3) is 0.435. The second-order valence-corrected chi connectivity index (χ2v) is 8.11. The molecule has 0 aliphatic carbocycles. The molecule has 10 heteroatoms. The van der Waals surface area contributed by atoms with Gasteiger partial charge in [-0.3, -0.25) is 4.79 Å². The third-order valence-corrected chi connectivity index (χ3v) is 5.43. The number of aromatic nitrogens is 1. The lowest BCUT2D eigenvalue weighted by molar-refractivity contribution is -0.192. The van der Waals surface area contributed by atoms with Crippen molar-refractivity contribution < 1.29 is 37.3 Å². The highest BCUT2D eigenvalue weighted by Crippen LogP contribution is 2.36. The number of amides is 1. The van der Waals surface area contributed by atoms with Crippen LogP contribution in [0.5, 0.6) is 5.88 Å². The van der Waals surface area contributed by atoms with Crippen LogP contribution in [0, 0.1) is 6.92 Å². The summed E-state index contributed by atoms with van der Waals surface area (Å²) < 4.78 is 43.9. The fourth-order valence-corrected chi connectivity index (χ4v) is 3.98. The van der Waals surface area contributed by atoms with Gasteiger partial charge in [-0.2, -0.15) is 13.2 Å². The summed E-state index contributed by atoms with van der Waals surface area (Å²) in [4.78, 5) is 27.9. The van der Waals surface area contributed by atoms with E-state index in [1.807, 2.05) is 54.3 Å². The normalized spacial score (nSPS) is 22.4. The predicted molar refractivity (Wildman–Crippen MR) is 112 cm³/mol. The lowest BCUT2D eigenvalue weighted by Crippen LogP contribution is -2.50. The number of ether oxygens (including phenoxy) is 2. The molecule has 4 rings (SSSR count). The topological polar surface area (TPSA) is 89.0 Å². The number of hydrogen-bond acceptors (Lipinski definition) is 5. The van der Waals surface area contributed by atoms with Gasteiger partial charge in [-0.25, -0.2) is 9.78 Å². The minimum atomic E-state index is -5.08. The Morgan fingerprint density at radius 2 is 2.00 bits per heavy atom. The molecule has 0 unspecified atom stereocenters. The molecule has 1 aromatic carbocycles. The summed E-state index contributed by atoms with van der Waals surface area (Å²) in [7, 11) is 0. The molecule has 1 amide bonds. The third-order valence-electron chi connectivity index (χ3n) is 5.43. The van der Waals surface area contributed by atoms with Gasteiger partial charge in [0, 0.05) is 30.8 Å². The number of rotatable bonds is 3. The van der Waals surface area contributed by atoms with Crippen LogP contribution < -0.4 is 4.74 Å². The van der Waals surface area contributed by atoms with E-state index in [0.717, 1.165) is 36.9 Å². The average molecular weight is 466 g/mol. The highest BCUT2D eigenvalue weighted by Gasteiger charge is 2.45. The predicted octanol–water partition coefficient (Wildman–Crippen LogP) is 3.87. The Morgan fingerprint density at radius 1 is 1.24 bits per heavy atom. The van der Waals surface area contributed by atoms with Crippen LogP contribution in [-0.4, -0.2) is 64.4 Å². The molecule has 0 radical (unpaired) electrons. The number of likely N-dealkylation sites (tertiary alicyclic amines) is 1. The minimum Gasteiger partial charge on any atom is -0.475 e. The van der Waals surface area contributed by atoms with Crippen molar-refractivity contribution in [1.82, 2.24) is 9.88 Å². The van der Waals surface area contributed by atoms with Crippen molar-refractivity contribution in [2.45, 2.75) is 44.1 Å². The number of hydrogen-bond donors (Lipinski definition) is 1. The van der Waals surface area contributed by atoms with E-state index in [-0.39, 0.29) is 17.6 Å². The van der Waals surface area contributed by atoms with Gasteiger partial charge >= 0.3 is 12.1 Å². The number of carboxylic acid groups (broad SMARTS) is 1. The van der Waals surface area contributed by atoms with Crippen LogP contribution in [0.15, 0.2) is 48.7 Å². The van der Waals surface area contributed by atoms with Crippen LogP contribution in [0.4, 0.5) is 13.2 Å². The molecule has 3 heterocycles. The maximum atomic E-state index is 12.9. The first-order valence-corrected chi connectivity index (χ1v) is 10.5. The largest absolute Gasteiger partial charge is 0.490 e. The number of carbonyl (C=O) groups is 2. The molecule has 2 aliphatic heterocycles. The van der Waals surface area contributed by atoms with Crippen LogP contribution in [-0.2, 0) is 9.53 Å². The first-order valence-electron chi connectivity index (χ1n) is 10.5. The second kappa shape index (κ2) is 10.2. The zero-order valence-corrected chi connectivity index (χ0v) is 18.0. The first kappa shape index (κ1) is 24.5. The molecular formula is C23H25F3N2O5. The number of carbonyl (C=O) groups excluding carboxylic acids is 1. The molecule has 178 valence electrons.